The Morgan fingerprint density at radius 3 is 3.12 bits per heavy atom. The summed E-state index contributed by atoms with van der Waals surface area (Å²) in [5.41, 5.74) is 7.64. The second-order valence-electron chi connectivity index (χ2n) is 4.37. The van der Waals surface area contributed by atoms with Gasteiger partial charge in [0.15, 0.2) is 0 Å². The Hall–Kier alpha value is -0.780. The van der Waals surface area contributed by atoms with Crippen molar-refractivity contribution in [3.63, 3.8) is 0 Å². The number of rotatable bonds is 3. The largest absolute Gasteiger partial charge is 0.397 e. The van der Waals surface area contributed by atoms with Crippen LogP contribution in [0.5, 0.6) is 0 Å². The quantitative estimate of drug-likeness (QED) is 0.836. The number of nitrogens with zero attached hydrogens (tertiary/aromatic N) is 1. The molecule has 1 atom stereocenters. The van der Waals surface area contributed by atoms with Crippen molar-refractivity contribution in [1.82, 2.24) is 4.90 Å². The average Bonchev–Trinajstić information content (AvgIpc) is 2.28. The van der Waals surface area contributed by atoms with Crippen LogP contribution in [0.4, 0.5) is 11.4 Å². The number of likely N-dealkylation sites (N-methyl/N-ethyl adjacent to an activating group) is 1. The molecule has 94 valence electrons. The van der Waals surface area contributed by atoms with Crippen molar-refractivity contribution in [2.45, 2.75) is 6.10 Å². The van der Waals surface area contributed by atoms with Crippen LogP contribution in [0, 0.1) is 0 Å². The van der Waals surface area contributed by atoms with E-state index in [2.05, 4.69) is 33.2 Å². The predicted molar refractivity (Wildman–Crippen MR) is 74.3 cm³/mol. The Morgan fingerprint density at radius 2 is 2.41 bits per heavy atom. The molecule has 1 heterocycles. The number of benzene rings is 1. The Labute approximate surface area is 110 Å². The monoisotopic (exact) mass is 299 g/mol. The highest BCUT2D eigenvalue weighted by atomic mass is 79.9. The molecule has 3 N–H and O–H groups in total. The first-order valence-electron chi connectivity index (χ1n) is 5.74. The lowest BCUT2D eigenvalue weighted by Crippen LogP contribution is -2.43. The molecule has 1 unspecified atom stereocenters. The first-order chi connectivity index (χ1) is 8.15. The highest BCUT2D eigenvalue weighted by Gasteiger charge is 2.17. The fourth-order valence-electron chi connectivity index (χ4n) is 1.91. The first kappa shape index (κ1) is 12.7. The van der Waals surface area contributed by atoms with Crippen LogP contribution in [-0.4, -0.2) is 44.3 Å². The lowest BCUT2D eigenvalue weighted by atomic mass is 10.2. The van der Waals surface area contributed by atoms with Gasteiger partial charge in [-0.2, -0.15) is 0 Å². The lowest BCUT2D eigenvalue weighted by molar-refractivity contribution is -0.0117. The molecular formula is C12H18BrN3O. The van der Waals surface area contributed by atoms with E-state index < -0.39 is 0 Å². The summed E-state index contributed by atoms with van der Waals surface area (Å²) in [5, 5.41) is 3.33. The molecule has 5 heteroatoms. The maximum Gasteiger partial charge on any atom is 0.0874 e. The summed E-state index contributed by atoms with van der Waals surface area (Å²) in [7, 11) is 2.11. The Bertz CT molecular complexity index is 386. The third-order valence-corrected chi connectivity index (χ3v) is 3.37. The molecule has 0 aromatic heterocycles. The number of hydrogen-bond acceptors (Lipinski definition) is 4. The van der Waals surface area contributed by atoms with E-state index >= 15 is 0 Å². The number of nitrogens with two attached hydrogens (primary N) is 1. The maximum absolute atomic E-state index is 5.92. The van der Waals surface area contributed by atoms with Gasteiger partial charge in [0.25, 0.3) is 0 Å². The SMILES string of the molecule is CN1CCOC(CNc2ccc(Br)cc2N)C1. The van der Waals surface area contributed by atoms with Crippen LogP contribution < -0.4 is 11.1 Å². The van der Waals surface area contributed by atoms with Crippen LogP contribution in [-0.2, 0) is 4.74 Å². The van der Waals surface area contributed by atoms with E-state index in [-0.39, 0.29) is 6.10 Å². The molecule has 0 spiro atoms. The van der Waals surface area contributed by atoms with E-state index in [0.717, 1.165) is 42.1 Å². The van der Waals surface area contributed by atoms with Gasteiger partial charge in [0.2, 0.25) is 0 Å². The molecule has 1 saturated heterocycles. The molecule has 1 aliphatic rings. The Kier molecular flexibility index (Phi) is 4.25. The normalized spacial score (nSPS) is 21.4. The van der Waals surface area contributed by atoms with Gasteiger partial charge in [0, 0.05) is 24.1 Å². The van der Waals surface area contributed by atoms with Crippen LogP contribution in [0.15, 0.2) is 22.7 Å². The molecule has 1 aromatic carbocycles. The average molecular weight is 300 g/mol. The highest BCUT2D eigenvalue weighted by molar-refractivity contribution is 9.10. The zero-order valence-corrected chi connectivity index (χ0v) is 11.5. The number of anilines is 2. The summed E-state index contributed by atoms with van der Waals surface area (Å²) in [4.78, 5) is 2.28. The third-order valence-electron chi connectivity index (χ3n) is 2.88. The number of halogens is 1. The van der Waals surface area contributed by atoms with Crippen molar-refractivity contribution in [2.24, 2.45) is 0 Å². The highest BCUT2D eigenvalue weighted by Crippen LogP contribution is 2.23. The Morgan fingerprint density at radius 1 is 1.59 bits per heavy atom. The zero-order chi connectivity index (χ0) is 12.3. The summed E-state index contributed by atoms with van der Waals surface area (Å²) in [6.45, 7) is 3.56. The summed E-state index contributed by atoms with van der Waals surface area (Å²) >= 11 is 3.39. The summed E-state index contributed by atoms with van der Waals surface area (Å²) in [5.74, 6) is 0. The summed E-state index contributed by atoms with van der Waals surface area (Å²) in [6.07, 6.45) is 0.233. The smallest absolute Gasteiger partial charge is 0.0874 e. The molecule has 0 radical (unpaired) electrons. The molecule has 0 amide bonds. The molecular weight excluding hydrogens is 282 g/mol. The summed E-state index contributed by atoms with van der Waals surface area (Å²) in [6, 6.07) is 5.86. The standard InChI is InChI=1S/C12H18BrN3O/c1-16-4-5-17-10(8-16)7-15-12-3-2-9(13)6-11(12)14/h2-3,6,10,15H,4-5,7-8,14H2,1H3. The predicted octanol–water partition coefficient (Wildman–Crippen LogP) is 1.77. The molecule has 0 aliphatic carbocycles. The minimum Gasteiger partial charge on any atom is -0.397 e. The van der Waals surface area contributed by atoms with E-state index in [0.29, 0.717) is 0 Å². The van der Waals surface area contributed by atoms with E-state index in [9.17, 15) is 0 Å². The van der Waals surface area contributed by atoms with Gasteiger partial charge >= 0.3 is 0 Å². The van der Waals surface area contributed by atoms with Gasteiger partial charge in [-0.05, 0) is 25.2 Å². The molecule has 1 fully saturated rings. The molecule has 0 saturated carbocycles. The van der Waals surface area contributed by atoms with E-state index in [1.807, 2.05) is 18.2 Å². The van der Waals surface area contributed by atoms with Gasteiger partial charge in [-0.1, -0.05) is 15.9 Å². The van der Waals surface area contributed by atoms with Crippen LogP contribution in [0.1, 0.15) is 0 Å². The number of hydrogen-bond donors (Lipinski definition) is 2. The van der Waals surface area contributed by atoms with Gasteiger partial charge in [-0.25, -0.2) is 0 Å². The van der Waals surface area contributed by atoms with Crippen LogP contribution >= 0.6 is 15.9 Å². The fourth-order valence-corrected chi connectivity index (χ4v) is 2.29. The van der Waals surface area contributed by atoms with Gasteiger partial charge in [-0.15, -0.1) is 0 Å². The van der Waals surface area contributed by atoms with Crippen LogP contribution in [0.2, 0.25) is 0 Å². The zero-order valence-electron chi connectivity index (χ0n) is 9.95. The van der Waals surface area contributed by atoms with Gasteiger partial charge < -0.3 is 20.7 Å². The van der Waals surface area contributed by atoms with Gasteiger partial charge in [-0.3, -0.25) is 0 Å². The molecule has 17 heavy (non-hydrogen) atoms. The van der Waals surface area contributed by atoms with Crippen molar-refractivity contribution in [3.8, 4) is 0 Å². The van der Waals surface area contributed by atoms with Crippen LogP contribution in [0.25, 0.3) is 0 Å². The minimum atomic E-state index is 0.233. The van der Waals surface area contributed by atoms with Gasteiger partial charge in [0.1, 0.15) is 0 Å². The molecule has 0 bridgehead atoms. The minimum absolute atomic E-state index is 0.233. The van der Waals surface area contributed by atoms with Crippen molar-refractivity contribution in [3.05, 3.63) is 22.7 Å². The number of nitrogens with one attached hydrogen (secondary N) is 1. The second kappa shape index (κ2) is 5.71. The molecule has 1 aromatic rings. The van der Waals surface area contributed by atoms with E-state index in [1.165, 1.54) is 0 Å². The molecule has 4 nitrogen and oxygen atoms in total. The topological polar surface area (TPSA) is 50.5 Å². The van der Waals surface area contributed by atoms with Crippen molar-refractivity contribution < 1.29 is 4.74 Å². The lowest BCUT2D eigenvalue weighted by Gasteiger charge is -2.30. The second-order valence-corrected chi connectivity index (χ2v) is 5.28. The number of morpholine rings is 1. The van der Waals surface area contributed by atoms with Crippen LogP contribution in [0.3, 0.4) is 0 Å². The van der Waals surface area contributed by atoms with E-state index in [1.54, 1.807) is 0 Å². The third kappa shape index (κ3) is 3.59. The van der Waals surface area contributed by atoms with Crippen molar-refractivity contribution in [2.75, 3.05) is 44.3 Å². The molecule has 2 rings (SSSR count). The number of ether oxygens (including phenoxy) is 1. The summed E-state index contributed by atoms with van der Waals surface area (Å²) < 4.78 is 6.67. The van der Waals surface area contributed by atoms with E-state index in [4.69, 9.17) is 10.5 Å². The molecule has 1 aliphatic heterocycles. The van der Waals surface area contributed by atoms with Crippen molar-refractivity contribution in [1.29, 1.82) is 0 Å². The number of nitrogen functional groups attached to an aromatic ring is 1. The fraction of sp³-hybridized carbons (Fsp3) is 0.500. The Balaban J connectivity index is 1.88. The maximum atomic E-state index is 5.92. The van der Waals surface area contributed by atoms with Crippen molar-refractivity contribution >= 4 is 27.3 Å². The van der Waals surface area contributed by atoms with Gasteiger partial charge in [0.05, 0.1) is 24.1 Å². The first-order valence-corrected chi connectivity index (χ1v) is 6.53.